The van der Waals surface area contributed by atoms with E-state index in [4.69, 9.17) is 9.72 Å². The average molecular weight is 402 g/mol. The maximum atomic E-state index is 12.9. The fourth-order valence-electron chi connectivity index (χ4n) is 4.06. The van der Waals surface area contributed by atoms with Crippen LogP contribution in [0.2, 0.25) is 0 Å². The Morgan fingerprint density at radius 1 is 1.00 bits per heavy atom. The largest absolute Gasteiger partial charge is 0.376 e. The van der Waals surface area contributed by atoms with Crippen LogP contribution in [0.5, 0.6) is 0 Å². The minimum Gasteiger partial charge on any atom is -0.376 e. The molecule has 1 atom stereocenters. The topological polar surface area (TPSA) is 81.9 Å². The summed E-state index contributed by atoms with van der Waals surface area (Å²) in [5.41, 5.74) is 1.77. The van der Waals surface area contributed by atoms with E-state index in [1.807, 2.05) is 65.2 Å². The maximum absolute atomic E-state index is 12.9. The fraction of sp³-hybridized carbons (Fsp3) is 0.261. The van der Waals surface area contributed by atoms with Crippen molar-refractivity contribution in [1.82, 2.24) is 19.1 Å². The summed E-state index contributed by atoms with van der Waals surface area (Å²) in [7, 11) is 0. The summed E-state index contributed by atoms with van der Waals surface area (Å²) in [5, 5.41) is 0. The number of aromatic amines is 1. The highest BCUT2D eigenvalue weighted by Crippen LogP contribution is 2.25. The number of benzene rings is 2. The van der Waals surface area contributed by atoms with Crippen LogP contribution in [0.15, 0.2) is 70.3 Å². The van der Waals surface area contributed by atoms with Gasteiger partial charge in [0.25, 0.3) is 5.56 Å². The molecule has 0 bridgehead atoms. The quantitative estimate of drug-likeness (QED) is 0.557. The monoisotopic (exact) mass is 402 g/mol. The summed E-state index contributed by atoms with van der Waals surface area (Å²) in [6.07, 6.45) is 1.97. The number of ether oxygens (including phenoxy) is 1. The van der Waals surface area contributed by atoms with Gasteiger partial charge in [-0.3, -0.25) is 14.3 Å². The van der Waals surface area contributed by atoms with Crippen LogP contribution >= 0.6 is 0 Å². The molecule has 0 aliphatic carbocycles. The van der Waals surface area contributed by atoms with Gasteiger partial charge in [0.2, 0.25) is 0 Å². The van der Waals surface area contributed by atoms with E-state index in [0.717, 1.165) is 30.6 Å². The van der Waals surface area contributed by atoms with E-state index in [0.29, 0.717) is 30.1 Å². The predicted octanol–water partition coefficient (Wildman–Crippen LogP) is 2.78. The summed E-state index contributed by atoms with van der Waals surface area (Å²) in [4.78, 5) is 32.8. The van der Waals surface area contributed by atoms with Gasteiger partial charge in [0.05, 0.1) is 19.2 Å². The van der Waals surface area contributed by atoms with Crippen molar-refractivity contribution in [2.24, 2.45) is 0 Å². The maximum Gasteiger partial charge on any atom is 0.330 e. The highest BCUT2D eigenvalue weighted by atomic mass is 16.5. The lowest BCUT2D eigenvalue weighted by molar-refractivity contribution is 0.0982. The van der Waals surface area contributed by atoms with Crippen molar-refractivity contribution in [3.05, 3.63) is 87.1 Å². The molecule has 0 saturated carbocycles. The smallest absolute Gasteiger partial charge is 0.330 e. The molecule has 3 heterocycles. The van der Waals surface area contributed by atoms with Crippen molar-refractivity contribution < 1.29 is 4.74 Å². The SMILES string of the molecule is O=c1[nH]c(=O)n(Cc2ccccc2)c2nc(-c3ccccc3)n(C[C@@H]3CCCO3)c12. The molecule has 7 nitrogen and oxygen atoms in total. The highest BCUT2D eigenvalue weighted by Gasteiger charge is 2.24. The molecule has 5 rings (SSSR count). The van der Waals surface area contributed by atoms with Gasteiger partial charge in [0.1, 0.15) is 5.82 Å². The van der Waals surface area contributed by atoms with Crippen LogP contribution in [0.25, 0.3) is 22.6 Å². The Kier molecular flexibility index (Phi) is 4.80. The molecule has 1 N–H and O–H groups in total. The third-order valence-electron chi connectivity index (χ3n) is 5.51. The number of hydrogen-bond acceptors (Lipinski definition) is 4. The van der Waals surface area contributed by atoms with Crippen LogP contribution < -0.4 is 11.2 Å². The zero-order chi connectivity index (χ0) is 20.5. The number of imidazole rings is 1. The van der Waals surface area contributed by atoms with Crippen molar-refractivity contribution in [2.75, 3.05) is 6.61 Å². The molecule has 0 unspecified atom stereocenters. The Morgan fingerprint density at radius 3 is 2.43 bits per heavy atom. The normalized spacial score (nSPS) is 16.3. The first kappa shape index (κ1) is 18.6. The van der Waals surface area contributed by atoms with Crippen molar-refractivity contribution in [3.63, 3.8) is 0 Å². The molecule has 1 saturated heterocycles. The van der Waals surface area contributed by atoms with Crippen LogP contribution in [0.1, 0.15) is 18.4 Å². The molecular weight excluding hydrogens is 380 g/mol. The number of H-pyrrole nitrogens is 1. The van der Waals surface area contributed by atoms with Crippen molar-refractivity contribution >= 4 is 11.2 Å². The summed E-state index contributed by atoms with van der Waals surface area (Å²) < 4.78 is 9.26. The zero-order valence-electron chi connectivity index (χ0n) is 16.5. The Balaban J connectivity index is 1.74. The number of fused-ring (bicyclic) bond motifs is 1. The Hall–Kier alpha value is -3.45. The second kappa shape index (κ2) is 7.76. The van der Waals surface area contributed by atoms with Crippen LogP contribution in [-0.2, 0) is 17.8 Å². The lowest BCUT2D eigenvalue weighted by Gasteiger charge is -2.14. The van der Waals surface area contributed by atoms with E-state index in [-0.39, 0.29) is 6.10 Å². The Bertz CT molecular complexity index is 1280. The first-order valence-corrected chi connectivity index (χ1v) is 10.1. The van der Waals surface area contributed by atoms with E-state index >= 15 is 0 Å². The molecule has 4 aromatic rings. The van der Waals surface area contributed by atoms with Gasteiger partial charge in [-0.05, 0) is 18.4 Å². The van der Waals surface area contributed by atoms with Crippen molar-refractivity contribution in [1.29, 1.82) is 0 Å². The lowest BCUT2D eigenvalue weighted by atomic mass is 10.2. The number of rotatable bonds is 5. The van der Waals surface area contributed by atoms with E-state index in [1.165, 1.54) is 4.57 Å². The van der Waals surface area contributed by atoms with E-state index in [2.05, 4.69) is 4.98 Å². The number of hydrogen-bond donors (Lipinski definition) is 1. The van der Waals surface area contributed by atoms with Crippen LogP contribution in [0.3, 0.4) is 0 Å². The zero-order valence-corrected chi connectivity index (χ0v) is 16.5. The lowest BCUT2D eigenvalue weighted by Crippen LogP contribution is -2.32. The predicted molar refractivity (Wildman–Crippen MR) is 115 cm³/mol. The van der Waals surface area contributed by atoms with Gasteiger partial charge in [0, 0.05) is 12.2 Å². The van der Waals surface area contributed by atoms with Crippen LogP contribution in [-0.4, -0.2) is 31.8 Å². The summed E-state index contributed by atoms with van der Waals surface area (Å²) in [5.74, 6) is 0.666. The molecule has 7 heteroatoms. The molecule has 0 radical (unpaired) electrons. The van der Waals surface area contributed by atoms with Gasteiger partial charge in [-0.2, -0.15) is 0 Å². The molecule has 1 aliphatic rings. The van der Waals surface area contributed by atoms with E-state index in [9.17, 15) is 9.59 Å². The van der Waals surface area contributed by atoms with Crippen molar-refractivity contribution in [2.45, 2.75) is 32.0 Å². The van der Waals surface area contributed by atoms with Crippen molar-refractivity contribution in [3.8, 4) is 11.4 Å². The average Bonchev–Trinajstić information content (AvgIpc) is 3.41. The third kappa shape index (κ3) is 3.37. The van der Waals surface area contributed by atoms with Gasteiger partial charge in [0.15, 0.2) is 11.2 Å². The van der Waals surface area contributed by atoms with Gasteiger partial charge >= 0.3 is 5.69 Å². The second-order valence-corrected chi connectivity index (χ2v) is 7.55. The molecule has 1 aliphatic heterocycles. The van der Waals surface area contributed by atoms with E-state index in [1.54, 1.807) is 0 Å². The summed E-state index contributed by atoms with van der Waals surface area (Å²) in [6.45, 7) is 1.58. The molecular formula is C23H22N4O3. The van der Waals surface area contributed by atoms with Crippen LogP contribution in [0.4, 0.5) is 0 Å². The molecule has 1 fully saturated rings. The number of nitrogens with zero attached hydrogens (tertiary/aromatic N) is 3. The minimum atomic E-state index is -0.460. The number of aromatic nitrogens is 4. The first-order valence-electron chi connectivity index (χ1n) is 10.1. The standard InChI is InChI=1S/C23H22N4O3/c28-22-19-21(27(23(29)25-22)14-16-8-3-1-4-9-16)24-20(17-10-5-2-6-11-17)26(19)15-18-12-7-13-30-18/h1-6,8-11,18H,7,12-15H2,(H,25,28,29)/t18-/m0/s1. The van der Waals surface area contributed by atoms with Gasteiger partial charge in [-0.1, -0.05) is 60.7 Å². The minimum absolute atomic E-state index is 0.0266. The van der Waals surface area contributed by atoms with Gasteiger partial charge < -0.3 is 9.30 Å². The number of nitrogens with one attached hydrogen (secondary N) is 1. The molecule has 0 amide bonds. The Labute approximate surface area is 172 Å². The summed E-state index contributed by atoms with van der Waals surface area (Å²) >= 11 is 0. The first-order chi connectivity index (χ1) is 14.7. The highest BCUT2D eigenvalue weighted by molar-refractivity contribution is 5.77. The molecule has 0 spiro atoms. The molecule has 2 aromatic carbocycles. The summed E-state index contributed by atoms with van der Waals surface area (Å²) in [6, 6.07) is 19.4. The fourth-order valence-corrected chi connectivity index (χ4v) is 4.06. The van der Waals surface area contributed by atoms with Gasteiger partial charge in [-0.15, -0.1) is 0 Å². The molecule has 152 valence electrons. The third-order valence-corrected chi connectivity index (χ3v) is 5.51. The van der Waals surface area contributed by atoms with Crippen LogP contribution in [0, 0.1) is 0 Å². The van der Waals surface area contributed by atoms with E-state index < -0.39 is 11.2 Å². The molecule has 30 heavy (non-hydrogen) atoms. The second-order valence-electron chi connectivity index (χ2n) is 7.55. The van der Waals surface area contributed by atoms with Gasteiger partial charge in [-0.25, -0.2) is 9.78 Å². The molecule has 2 aromatic heterocycles. The Morgan fingerprint density at radius 2 is 1.73 bits per heavy atom.